The number of halogens is 1. The molecule has 2 fully saturated rings. The second-order valence-corrected chi connectivity index (χ2v) is 8.38. The minimum absolute atomic E-state index is 0.0525. The fourth-order valence-corrected chi connectivity index (χ4v) is 4.09. The Labute approximate surface area is 178 Å². The fraction of sp³-hybridized carbons (Fsp3) is 0.318. The SMILES string of the molecule is Cc1cc(N2CC(C(=O)Nc3cccc(N4CCCC4=O)c3)CC2=O)ccc1Br. The van der Waals surface area contributed by atoms with Crippen molar-refractivity contribution in [1.29, 1.82) is 0 Å². The van der Waals surface area contributed by atoms with Gasteiger partial charge >= 0.3 is 0 Å². The van der Waals surface area contributed by atoms with Gasteiger partial charge in [0.05, 0.1) is 5.92 Å². The van der Waals surface area contributed by atoms with E-state index in [0.29, 0.717) is 25.2 Å². The van der Waals surface area contributed by atoms with Crippen LogP contribution in [0.1, 0.15) is 24.8 Å². The van der Waals surface area contributed by atoms with E-state index in [4.69, 9.17) is 0 Å². The summed E-state index contributed by atoms with van der Waals surface area (Å²) in [5.74, 6) is -0.540. The molecule has 7 heteroatoms. The lowest BCUT2D eigenvalue weighted by Gasteiger charge is -2.18. The number of aryl methyl sites for hydroxylation is 1. The second kappa shape index (κ2) is 7.99. The zero-order valence-electron chi connectivity index (χ0n) is 16.2. The number of hydrogen-bond acceptors (Lipinski definition) is 3. The third-order valence-electron chi connectivity index (χ3n) is 5.45. The average molecular weight is 456 g/mol. The Morgan fingerprint density at radius 2 is 1.86 bits per heavy atom. The summed E-state index contributed by atoms with van der Waals surface area (Å²) < 4.78 is 0.985. The number of hydrogen-bond donors (Lipinski definition) is 1. The van der Waals surface area contributed by atoms with Gasteiger partial charge in [0.15, 0.2) is 0 Å². The molecule has 6 nitrogen and oxygen atoms in total. The molecule has 150 valence electrons. The average Bonchev–Trinajstić information content (AvgIpc) is 3.30. The van der Waals surface area contributed by atoms with E-state index in [1.807, 2.05) is 43.3 Å². The molecule has 0 aromatic heterocycles. The number of rotatable bonds is 4. The maximum Gasteiger partial charge on any atom is 0.229 e. The number of nitrogens with one attached hydrogen (secondary N) is 1. The summed E-state index contributed by atoms with van der Waals surface area (Å²) in [5.41, 5.74) is 3.27. The summed E-state index contributed by atoms with van der Waals surface area (Å²) in [5, 5.41) is 2.91. The molecule has 2 heterocycles. The quantitative estimate of drug-likeness (QED) is 0.760. The lowest BCUT2D eigenvalue weighted by Crippen LogP contribution is -2.28. The van der Waals surface area contributed by atoms with Crippen LogP contribution in [0.25, 0.3) is 0 Å². The Balaban J connectivity index is 1.45. The molecule has 0 radical (unpaired) electrons. The minimum Gasteiger partial charge on any atom is -0.326 e. The highest BCUT2D eigenvalue weighted by atomic mass is 79.9. The summed E-state index contributed by atoms with van der Waals surface area (Å²) in [7, 11) is 0. The van der Waals surface area contributed by atoms with Crippen LogP contribution in [0.2, 0.25) is 0 Å². The van der Waals surface area contributed by atoms with Crippen LogP contribution in [0.3, 0.4) is 0 Å². The lowest BCUT2D eigenvalue weighted by atomic mass is 10.1. The zero-order chi connectivity index (χ0) is 20.5. The van der Waals surface area contributed by atoms with Gasteiger partial charge in [-0.05, 0) is 55.3 Å². The molecular weight excluding hydrogens is 434 g/mol. The summed E-state index contributed by atoms with van der Waals surface area (Å²) in [4.78, 5) is 40.6. The summed E-state index contributed by atoms with van der Waals surface area (Å²) >= 11 is 3.47. The third kappa shape index (κ3) is 4.05. The monoisotopic (exact) mass is 455 g/mol. The number of anilines is 3. The Bertz CT molecular complexity index is 991. The molecule has 0 saturated carbocycles. The molecule has 2 aliphatic heterocycles. The van der Waals surface area contributed by atoms with Gasteiger partial charge in [-0.3, -0.25) is 14.4 Å². The molecule has 0 aliphatic carbocycles. The number of benzene rings is 2. The van der Waals surface area contributed by atoms with Crippen molar-refractivity contribution in [2.24, 2.45) is 5.92 Å². The van der Waals surface area contributed by atoms with Crippen molar-refractivity contribution in [1.82, 2.24) is 0 Å². The van der Waals surface area contributed by atoms with Crippen molar-refractivity contribution in [2.75, 3.05) is 28.2 Å². The van der Waals surface area contributed by atoms with Crippen LogP contribution in [-0.4, -0.2) is 30.8 Å². The van der Waals surface area contributed by atoms with E-state index in [1.54, 1.807) is 15.9 Å². The van der Waals surface area contributed by atoms with E-state index in [0.717, 1.165) is 27.8 Å². The van der Waals surface area contributed by atoms with Crippen molar-refractivity contribution in [3.63, 3.8) is 0 Å². The minimum atomic E-state index is -0.413. The molecule has 1 unspecified atom stereocenters. The van der Waals surface area contributed by atoms with Gasteiger partial charge in [0, 0.05) is 47.5 Å². The van der Waals surface area contributed by atoms with Crippen LogP contribution < -0.4 is 15.1 Å². The first-order chi connectivity index (χ1) is 13.9. The van der Waals surface area contributed by atoms with Crippen molar-refractivity contribution in [3.8, 4) is 0 Å². The second-order valence-electron chi connectivity index (χ2n) is 7.53. The Morgan fingerprint density at radius 3 is 2.59 bits per heavy atom. The number of amides is 3. The van der Waals surface area contributed by atoms with Crippen molar-refractivity contribution >= 4 is 50.7 Å². The maximum absolute atomic E-state index is 12.8. The zero-order valence-corrected chi connectivity index (χ0v) is 17.7. The van der Waals surface area contributed by atoms with E-state index in [-0.39, 0.29) is 24.1 Å². The van der Waals surface area contributed by atoms with Gasteiger partial charge in [-0.15, -0.1) is 0 Å². The molecule has 1 atom stereocenters. The van der Waals surface area contributed by atoms with Crippen LogP contribution in [-0.2, 0) is 14.4 Å². The first kappa shape index (κ1) is 19.6. The van der Waals surface area contributed by atoms with Gasteiger partial charge in [0.2, 0.25) is 17.7 Å². The van der Waals surface area contributed by atoms with Crippen molar-refractivity contribution < 1.29 is 14.4 Å². The van der Waals surface area contributed by atoms with E-state index in [1.165, 1.54) is 0 Å². The summed E-state index contributed by atoms with van der Waals surface area (Å²) in [6, 6.07) is 13.0. The number of carbonyl (C=O) groups is 3. The van der Waals surface area contributed by atoms with E-state index in [9.17, 15) is 14.4 Å². The highest BCUT2D eigenvalue weighted by molar-refractivity contribution is 9.10. The molecule has 2 aromatic rings. The van der Waals surface area contributed by atoms with Crippen LogP contribution in [0, 0.1) is 12.8 Å². The van der Waals surface area contributed by atoms with E-state index in [2.05, 4.69) is 21.2 Å². The molecule has 2 saturated heterocycles. The van der Waals surface area contributed by atoms with Crippen molar-refractivity contribution in [3.05, 3.63) is 52.5 Å². The first-order valence-electron chi connectivity index (χ1n) is 9.70. The fourth-order valence-electron chi connectivity index (χ4n) is 3.85. The Hall–Kier alpha value is -2.67. The van der Waals surface area contributed by atoms with E-state index >= 15 is 0 Å². The predicted octanol–water partition coefficient (Wildman–Crippen LogP) is 3.88. The van der Waals surface area contributed by atoms with E-state index < -0.39 is 5.92 Å². The van der Waals surface area contributed by atoms with Gasteiger partial charge in [-0.1, -0.05) is 22.0 Å². The van der Waals surface area contributed by atoms with Gasteiger partial charge < -0.3 is 15.1 Å². The molecule has 0 spiro atoms. The smallest absolute Gasteiger partial charge is 0.229 e. The largest absolute Gasteiger partial charge is 0.326 e. The Kier molecular flexibility index (Phi) is 5.41. The standard InChI is InChI=1S/C22H22BrN3O3/c1-14-10-18(7-8-19(14)23)26-13-15(11-21(26)28)22(29)24-16-4-2-5-17(12-16)25-9-3-6-20(25)27/h2,4-5,7-8,10,12,15H,3,6,9,11,13H2,1H3,(H,24,29). The normalized spacial score (nSPS) is 19.2. The number of nitrogens with zero attached hydrogens (tertiary/aromatic N) is 2. The predicted molar refractivity (Wildman–Crippen MR) is 116 cm³/mol. The highest BCUT2D eigenvalue weighted by Gasteiger charge is 2.35. The molecule has 2 aromatic carbocycles. The lowest BCUT2D eigenvalue weighted by molar-refractivity contribution is -0.122. The molecule has 3 amide bonds. The number of carbonyl (C=O) groups excluding carboxylic acids is 3. The Morgan fingerprint density at radius 1 is 1.07 bits per heavy atom. The van der Waals surface area contributed by atoms with Crippen LogP contribution >= 0.6 is 15.9 Å². The van der Waals surface area contributed by atoms with Gasteiger partial charge in [-0.2, -0.15) is 0 Å². The summed E-state index contributed by atoms with van der Waals surface area (Å²) in [6.07, 6.45) is 1.60. The van der Waals surface area contributed by atoms with Gasteiger partial charge in [0.25, 0.3) is 0 Å². The van der Waals surface area contributed by atoms with Crippen molar-refractivity contribution in [2.45, 2.75) is 26.2 Å². The highest BCUT2D eigenvalue weighted by Crippen LogP contribution is 2.30. The van der Waals surface area contributed by atoms with Gasteiger partial charge in [0.1, 0.15) is 0 Å². The third-order valence-corrected chi connectivity index (χ3v) is 6.34. The molecule has 0 bridgehead atoms. The maximum atomic E-state index is 12.8. The molecule has 2 aliphatic rings. The molecule has 29 heavy (non-hydrogen) atoms. The van der Waals surface area contributed by atoms with Crippen LogP contribution in [0.15, 0.2) is 46.9 Å². The van der Waals surface area contributed by atoms with Crippen LogP contribution in [0.4, 0.5) is 17.1 Å². The first-order valence-corrected chi connectivity index (χ1v) is 10.5. The van der Waals surface area contributed by atoms with Gasteiger partial charge in [-0.25, -0.2) is 0 Å². The molecular formula is C22H22BrN3O3. The molecule has 1 N–H and O–H groups in total. The topological polar surface area (TPSA) is 69.7 Å². The van der Waals surface area contributed by atoms with Crippen LogP contribution in [0.5, 0.6) is 0 Å². The molecule has 4 rings (SSSR count). The summed E-state index contributed by atoms with van der Waals surface area (Å²) in [6.45, 7) is 3.03.